The minimum Gasteiger partial charge on any atom is -0.493 e. The van der Waals surface area contributed by atoms with E-state index in [1.807, 2.05) is 32.9 Å². The molecule has 10 nitrogen and oxygen atoms in total. The summed E-state index contributed by atoms with van der Waals surface area (Å²) < 4.78 is 18.0. The van der Waals surface area contributed by atoms with E-state index in [1.165, 1.54) is 22.7 Å². The summed E-state index contributed by atoms with van der Waals surface area (Å²) in [6.45, 7) is 6.77. The van der Waals surface area contributed by atoms with Gasteiger partial charge in [0.1, 0.15) is 23.4 Å². The lowest BCUT2D eigenvalue weighted by Gasteiger charge is -2.23. The van der Waals surface area contributed by atoms with Crippen molar-refractivity contribution in [2.24, 2.45) is 0 Å². The molecule has 10 heteroatoms. The Morgan fingerprint density at radius 1 is 1.35 bits per heavy atom. The van der Waals surface area contributed by atoms with Crippen molar-refractivity contribution in [1.29, 1.82) is 0 Å². The van der Waals surface area contributed by atoms with Gasteiger partial charge in [-0.05, 0) is 38.5 Å². The lowest BCUT2D eigenvalue weighted by Crippen LogP contribution is -2.42. The van der Waals surface area contributed by atoms with Crippen molar-refractivity contribution in [2.75, 3.05) is 37.5 Å². The van der Waals surface area contributed by atoms with Crippen LogP contribution in [0.25, 0.3) is 6.08 Å². The molecule has 1 aliphatic rings. The number of anilines is 2. The Kier molecular flexibility index (Phi) is 8.17. The van der Waals surface area contributed by atoms with Crippen LogP contribution in [0.1, 0.15) is 38.3 Å². The number of amides is 1. The molecule has 0 fully saturated rings. The third kappa shape index (κ3) is 5.33. The van der Waals surface area contributed by atoms with Gasteiger partial charge < -0.3 is 19.9 Å². The monoisotopic (exact) mass is 472 g/mol. The van der Waals surface area contributed by atoms with E-state index in [-0.39, 0.29) is 30.8 Å². The molecule has 3 N–H and O–H groups in total. The van der Waals surface area contributed by atoms with Crippen LogP contribution in [0.15, 0.2) is 27.8 Å². The van der Waals surface area contributed by atoms with Gasteiger partial charge in [0, 0.05) is 43.8 Å². The first kappa shape index (κ1) is 25.1. The van der Waals surface area contributed by atoms with Gasteiger partial charge in [0.25, 0.3) is 11.5 Å². The van der Waals surface area contributed by atoms with E-state index in [0.717, 1.165) is 17.7 Å². The normalized spacial score (nSPS) is 14.8. The Bertz CT molecular complexity index is 1180. The SMILES string of the molecule is CCCn1c(N)c(N(CCOC)C(=O)/C=C/c2cc3c(cc2OCC)CC(C)O3)c(=O)[nH]c1=O. The number of hydrogen-bond acceptors (Lipinski definition) is 7. The molecule has 1 unspecified atom stereocenters. The maximum atomic E-state index is 13.3. The van der Waals surface area contributed by atoms with Gasteiger partial charge in [-0.3, -0.25) is 24.0 Å². The van der Waals surface area contributed by atoms with Crippen LogP contribution in [0.2, 0.25) is 0 Å². The summed E-state index contributed by atoms with van der Waals surface area (Å²) in [4.78, 5) is 41.6. The first-order valence-electron chi connectivity index (χ1n) is 11.4. The summed E-state index contributed by atoms with van der Waals surface area (Å²) in [5.74, 6) is 0.837. The van der Waals surface area contributed by atoms with Gasteiger partial charge in [0.2, 0.25) is 0 Å². The number of methoxy groups -OCH3 is 1. The van der Waals surface area contributed by atoms with Gasteiger partial charge in [0.05, 0.1) is 13.2 Å². The quantitative estimate of drug-likeness (QED) is 0.506. The van der Waals surface area contributed by atoms with E-state index in [9.17, 15) is 14.4 Å². The number of H-pyrrole nitrogens is 1. The maximum absolute atomic E-state index is 13.3. The molecule has 1 aromatic heterocycles. The van der Waals surface area contributed by atoms with Gasteiger partial charge in [0.15, 0.2) is 5.69 Å². The Hall–Kier alpha value is -3.53. The molecule has 0 bridgehead atoms. The highest BCUT2D eigenvalue weighted by atomic mass is 16.5. The van der Waals surface area contributed by atoms with Gasteiger partial charge in [-0.1, -0.05) is 6.92 Å². The van der Waals surface area contributed by atoms with Crippen LogP contribution in [-0.2, 0) is 22.5 Å². The van der Waals surface area contributed by atoms with Crippen LogP contribution >= 0.6 is 0 Å². The topological polar surface area (TPSA) is 129 Å². The summed E-state index contributed by atoms with van der Waals surface area (Å²) in [7, 11) is 1.49. The Labute approximate surface area is 197 Å². The number of aromatic nitrogens is 2. The molecule has 2 heterocycles. The number of aromatic amines is 1. The highest BCUT2D eigenvalue weighted by molar-refractivity contribution is 6.05. The smallest absolute Gasteiger partial charge is 0.330 e. The van der Waals surface area contributed by atoms with Crippen molar-refractivity contribution in [3.63, 3.8) is 0 Å². The van der Waals surface area contributed by atoms with E-state index in [4.69, 9.17) is 19.9 Å². The summed E-state index contributed by atoms with van der Waals surface area (Å²) in [5, 5.41) is 0. The molecule has 184 valence electrons. The number of nitrogens with two attached hydrogens (primary N) is 1. The Morgan fingerprint density at radius 2 is 2.12 bits per heavy atom. The van der Waals surface area contributed by atoms with Gasteiger partial charge in [-0.15, -0.1) is 0 Å². The highest BCUT2D eigenvalue weighted by Gasteiger charge is 2.24. The number of fused-ring (bicyclic) bond motifs is 1. The standard InChI is InChI=1S/C24H32N4O6/c1-5-9-28-22(25)21(23(30)26-24(28)31)27(10-11-32-4)20(29)8-7-16-13-19-17(12-15(3)34-19)14-18(16)33-6-2/h7-8,13-15H,5-6,9-12,25H2,1-4H3,(H,26,30,31)/b8-7+. The fraction of sp³-hybridized carbons (Fsp3) is 0.458. The zero-order valence-electron chi connectivity index (χ0n) is 20.1. The highest BCUT2D eigenvalue weighted by Crippen LogP contribution is 2.35. The average Bonchev–Trinajstić information content (AvgIpc) is 3.15. The molecular formula is C24H32N4O6. The van der Waals surface area contributed by atoms with Crippen molar-refractivity contribution in [3.05, 3.63) is 50.2 Å². The number of rotatable bonds is 10. The molecule has 0 saturated heterocycles. The van der Waals surface area contributed by atoms with Crippen LogP contribution in [0.3, 0.4) is 0 Å². The van der Waals surface area contributed by atoms with Crippen LogP contribution in [0.5, 0.6) is 11.5 Å². The molecule has 0 radical (unpaired) electrons. The van der Waals surface area contributed by atoms with Crippen molar-refractivity contribution in [1.82, 2.24) is 9.55 Å². The third-order valence-electron chi connectivity index (χ3n) is 5.45. The van der Waals surface area contributed by atoms with Crippen LogP contribution in [0, 0.1) is 0 Å². The molecule has 0 aliphatic carbocycles. The van der Waals surface area contributed by atoms with E-state index >= 15 is 0 Å². The van der Waals surface area contributed by atoms with Gasteiger partial charge in [-0.25, -0.2) is 4.79 Å². The third-order valence-corrected chi connectivity index (χ3v) is 5.45. The van der Waals surface area contributed by atoms with E-state index < -0.39 is 17.2 Å². The lowest BCUT2D eigenvalue weighted by atomic mass is 10.1. The fourth-order valence-corrected chi connectivity index (χ4v) is 3.92. The van der Waals surface area contributed by atoms with Gasteiger partial charge in [-0.2, -0.15) is 0 Å². The first-order chi connectivity index (χ1) is 16.3. The summed E-state index contributed by atoms with van der Waals surface area (Å²) in [6.07, 6.45) is 4.45. The summed E-state index contributed by atoms with van der Waals surface area (Å²) >= 11 is 0. The van der Waals surface area contributed by atoms with Crippen LogP contribution in [0.4, 0.5) is 11.5 Å². The number of carbonyl (C=O) groups is 1. The second-order valence-corrected chi connectivity index (χ2v) is 8.02. The van der Waals surface area contributed by atoms with Crippen molar-refractivity contribution >= 4 is 23.5 Å². The molecule has 0 saturated carbocycles. The average molecular weight is 473 g/mol. The van der Waals surface area contributed by atoms with Crippen molar-refractivity contribution < 1.29 is 19.0 Å². The number of benzene rings is 1. The first-order valence-corrected chi connectivity index (χ1v) is 11.4. The minimum absolute atomic E-state index is 0.0663. The zero-order chi connectivity index (χ0) is 24.8. The fourth-order valence-electron chi connectivity index (χ4n) is 3.92. The van der Waals surface area contributed by atoms with Crippen molar-refractivity contribution in [2.45, 2.75) is 46.3 Å². The number of carbonyl (C=O) groups excluding carboxylic acids is 1. The van der Waals surface area contributed by atoms with Crippen LogP contribution < -0.4 is 31.4 Å². The summed E-state index contributed by atoms with van der Waals surface area (Å²) in [5.41, 5.74) is 6.47. The molecular weight excluding hydrogens is 440 g/mol. The number of hydrogen-bond donors (Lipinski definition) is 2. The van der Waals surface area contributed by atoms with E-state index in [0.29, 0.717) is 30.9 Å². The second-order valence-electron chi connectivity index (χ2n) is 8.02. The number of nitrogens with one attached hydrogen (secondary N) is 1. The largest absolute Gasteiger partial charge is 0.493 e. The molecule has 0 spiro atoms. The minimum atomic E-state index is -0.734. The zero-order valence-corrected chi connectivity index (χ0v) is 20.1. The predicted molar refractivity (Wildman–Crippen MR) is 131 cm³/mol. The molecule has 34 heavy (non-hydrogen) atoms. The number of nitrogen functional groups attached to an aromatic ring is 1. The number of ether oxygens (including phenoxy) is 3. The Balaban J connectivity index is 2.00. The molecule has 1 aromatic carbocycles. The number of nitrogens with zero attached hydrogens (tertiary/aromatic N) is 2. The molecule has 1 atom stereocenters. The van der Waals surface area contributed by atoms with Crippen LogP contribution in [-0.4, -0.2) is 48.4 Å². The predicted octanol–water partition coefficient (Wildman–Crippen LogP) is 1.94. The molecule has 1 aliphatic heterocycles. The molecule has 2 aromatic rings. The van der Waals surface area contributed by atoms with E-state index in [2.05, 4.69) is 4.98 Å². The molecule has 3 rings (SSSR count). The maximum Gasteiger partial charge on any atom is 0.330 e. The van der Waals surface area contributed by atoms with E-state index in [1.54, 1.807) is 6.08 Å². The Morgan fingerprint density at radius 3 is 2.79 bits per heavy atom. The van der Waals surface area contributed by atoms with Crippen molar-refractivity contribution in [3.8, 4) is 11.5 Å². The lowest BCUT2D eigenvalue weighted by molar-refractivity contribution is -0.114. The second kappa shape index (κ2) is 11.1. The van der Waals surface area contributed by atoms with Gasteiger partial charge >= 0.3 is 5.69 Å². The summed E-state index contributed by atoms with van der Waals surface area (Å²) in [6, 6.07) is 3.77. The molecule has 1 amide bonds.